The molecule has 2 amide bonds. The van der Waals surface area contributed by atoms with E-state index in [2.05, 4.69) is 39.8 Å². The number of hydrogen-bond donors (Lipinski definition) is 2. The number of carbonyl (C=O) groups excluding carboxylic acids is 2. The monoisotopic (exact) mass is 349 g/mol. The largest absolute Gasteiger partial charge is 0.355 e. The molecule has 0 spiro atoms. The van der Waals surface area contributed by atoms with E-state index < -0.39 is 0 Å². The van der Waals surface area contributed by atoms with E-state index in [1.807, 2.05) is 18.2 Å². The first-order valence-electron chi connectivity index (χ1n) is 9.16. The Bertz CT molecular complexity index is 834. The fourth-order valence-electron chi connectivity index (χ4n) is 3.84. The highest BCUT2D eigenvalue weighted by Crippen LogP contribution is 2.27. The second-order valence-electron chi connectivity index (χ2n) is 6.96. The molecular formula is C21H23N3O2. The second kappa shape index (κ2) is 7.30. The van der Waals surface area contributed by atoms with E-state index in [0.29, 0.717) is 12.1 Å². The number of amides is 2. The van der Waals surface area contributed by atoms with Crippen LogP contribution in [0.1, 0.15) is 39.5 Å². The van der Waals surface area contributed by atoms with Crippen molar-refractivity contribution in [1.82, 2.24) is 15.5 Å². The number of hydrogen-bond acceptors (Lipinski definition) is 3. The third-order valence-corrected chi connectivity index (χ3v) is 5.24. The van der Waals surface area contributed by atoms with Gasteiger partial charge in [0.2, 0.25) is 5.91 Å². The van der Waals surface area contributed by atoms with Crippen LogP contribution in [-0.2, 0) is 17.8 Å². The van der Waals surface area contributed by atoms with Crippen LogP contribution in [0.5, 0.6) is 0 Å². The van der Waals surface area contributed by atoms with Crippen LogP contribution in [0, 0.1) is 0 Å². The van der Waals surface area contributed by atoms with Gasteiger partial charge >= 0.3 is 0 Å². The quantitative estimate of drug-likeness (QED) is 0.868. The van der Waals surface area contributed by atoms with Crippen LogP contribution < -0.4 is 10.6 Å². The third-order valence-electron chi connectivity index (χ3n) is 5.24. The standard InChI is InChI=1S/C21H23N3O2/c25-20(13-19-17-7-3-4-8-18(17)21(26)23-19)22-10-12-24-11-9-15-5-1-2-6-16(15)14-24/h1-8,19H,9-14H2,(H,22,25)(H,23,26)/t19-/m1/s1. The number of rotatable bonds is 5. The zero-order valence-corrected chi connectivity index (χ0v) is 14.7. The Labute approximate surface area is 153 Å². The summed E-state index contributed by atoms with van der Waals surface area (Å²) in [5.74, 6) is -0.116. The Kier molecular flexibility index (Phi) is 4.71. The first-order chi connectivity index (χ1) is 12.7. The molecule has 0 unspecified atom stereocenters. The molecule has 0 saturated carbocycles. The molecule has 2 N–H and O–H groups in total. The average Bonchev–Trinajstić information content (AvgIpc) is 2.97. The minimum Gasteiger partial charge on any atom is -0.355 e. The van der Waals surface area contributed by atoms with E-state index in [1.165, 1.54) is 11.1 Å². The molecule has 1 atom stereocenters. The third kappa shape index (κ3) is 3.48. The van der Waals surface area contributed by atoms with Crippen LogP contribution >= 0.6 is 0 Å². The van der Waals surface area contributed by atoms with Crippen molar-refractivity contribution in [2.24, 2.45) is 0 Å². The Morgan fingerprint density at radius 1 is 1.12 bits per heavy atom. The molecule has 0 aromatic heterocycles. The van der Waals surface area contributed by atoms with Crippen molar-refractivity contribution >= 4 is 11.8 Å². The fraction of sp³-hybridized carbons (Fsp3) is 0.333. The highest BCUT2D eigenvalue weighted by molar-refractivity contribution is 5.99. The lowest BCUT2D eigenvalue weighted by Crippen LogP contribution is -2.38. The fourth-order valence-corrected chi connectivity index (χ4v) is 3.84. The number of nitrogens with one attached hydrogen (secondary N) is 2. The Morgan fingerprint density at radius 3 is 2.77 bits per heavy atom. The van der Waals surface area contributed by atoms with Crippen molar-refractivity contribution < 1.29 is 9.59 Å². The SMILES string of the molecule is O=C(C[C@H]1NC(=O)c2ccccc21)NCCN1CCc2ccccc2C1. The number of fused-ring (bicyclic) bond motifs is 2. The summed E-state index contributed by atoms with van der Waals surface area (Å²) >= 11 is 0. The molecule has 26 heavy (non-hydrogen) atoms. The summed E-state index contributed by atoms with van der Waals surface area (Å²) in [6, 6.07) is 15.8. The number of benzene rings is 2. The lowest BCUT2D eigenvalue weighted by molar-refractivity contribution is -0.121. The van der Waals surface area contributed by atoms with Gasteiger partial charge in [0.25, 0.3) is 5.91 Å². The maximum atomic E-state index is 12.3. The van der Waals surface area contributed by atoms with Crippen LogP contribution in [0.4, 0.5) is 0 Å². The van der Waals surface area contributed by atoms with Gasteiger partial charge in [-0.2, -0.15) is 0 Å². The molecular weight excluding hydrogens is 326 g/mol. The highest BCUT2D eigenvalue weighted by atomic mass is 16.2. The molecule has 0 aliphatic carbocycles. The lowest BCUT2D eigenvalue weighted by Gasteiger charge is -2.28. The van der Waals surface area contributed by atoms with Gasteiger partial charge in [-0.25, -0.2) is 0 Å². The Morgan fingerprint density at radius 2 is 1.88 bits per heavy atom. The molecule has 134 valence electrons. The van der Waals surface area contributed by atoms with E-state index in [-0.39, 0.29) is 24.3 Å². The van der Waals surface area contributed by atoms with Crippen LogP contribution in [0.25, 0.3) is 0 Å². The van der Waals surface area contributed by atoms with E-state index in [1.54, 1.807) is 6.07 Å². The van der Waals surface area contributed by atoms with Crippen LogP contribution in [-0.4, -0.2) is 36.3 Å². The second-order valence-corrected chi connectivity index (χ2v) is 6.96. The molecule has 5 heteroatoms. The lowest BCUT2D eigenvalue weighted by atomic mass is 10.00. The van der Waals surface area contributed by atoms with Crippen LogP contribution in [0.3, 0.4) is 0 Å². The van der Waals surface area contributed by atoms with Gasteiger partial charge in [-0.3, -0.25) is 14.5 Å². The Hall–Kier alpha value is -2.66. The summed E-state index contributed by atoms with van der Waals surface area (Å²) in [5, 5.41) is 5.89. The summed E-state index contributed by atoms with van der Waals surface area (Å²) < 4.78 is 0. The summed E-state index contributed by atoms with van der Waals surface area (Å²) in [5.41, 5.74) is 4.41. The van der Waals surface area contributed by atoms with Gasteiger partial charge in [-0.15, -0.1) is 0 Å². The molecule has 2 aliphatic heterocycles. The van der Waals surface area contributed by atoms with Crippen LogP contribution in [0.2, 0.25) is 0 Å². The minimum atomic E-state index is -0.222. The smallest absolute Gasteiger partial charge is 0.252 e. The molecule has 2 aromatic carbocycles. The van der Waals surface area contributed by atoms with E-state index >= 15 is 0 Å². The molecule has 5 nitrogen and oxygen atoms in total. The van der Waals surface area contributed by atoms with Gasteiger partial charge in [-0.1, -0.05) is 42.5 Å². The maximum Gasteiger partial charge on any atom is 0.252 e. The first-order valence-corrected chi connectivity index (χ1v) is 9.16. The van der Waals surface area contributed by atoms with Gasteiger partial charge in [0.15, 0.2) is 0 Å². The summed E-state index contributed by atoms with van der Waals surface area (Å²) in [6.45, 7) is 3.44. The van der Waals surface area contributed by atoms with Crippen molar-refractivity contribution in [2.45, 2.75) is 25.4 Å². The summed E-state index contributed by atoms with van der Waals surface area (Å²) in [4.78, 5) is 26.6. The summed E-state index contributed by atoms with van der Waals surface area (Å²) in [7, 11) is 0. The van der Waals surface area contributed by atoms with Gasteiger partial charge in [0, 0.05) is 31.7 Å². The molecule has 2 aromatic rings. The Balaban J connectivity index is 1.25. The molecule has 2 heterocycles. The molecule has 0 radical (unpaired) electrons. The van der Waals surface area contributed by atoms with Crippen molar-refractivity contribution in [3.8, 4) is 0 Å². The van der Waals surface area contributed by atoms with E-state index in [0.717, 1.165) is 31.6 Å². The van der Waals surface area contributed by atoms with Crippen molar-refractivity contribution in [2.75, 3.05) is 19.6 Å². The summed E-state index contributed by atoms with van der Waals surface area (Å²) in [6.07, 6.45) is 1.35. The molecule has 4 rings (SSSR count). The van der Waals surface area contributed by atoms with Crippen molar-refractivity contribution in [3.05, 3.63) is 70.8 Å². The first kappa shape index (κ1) is 16.8. The van der Waals surface area contributed by atoms with E-state index in [4.69, 9.17) is 0 Å². The predicted molar refractivity (Wildman–Crippen MR) is 99.7 cm³/mol. The molecule has 0 saturated heterocycles. The highest BCUT2D eigenvalue weighted by Gasteiger charge is 2.29. The van der Waals surface area contributed by atoms with Gasteiger partial charge in [-0.05, 0) is 29.2 Å². The van der Waals surface area contributed by atoms with Crippen molar-refractivity contribution in [1.29, 1.82) is 0 Å². The van der Waals surface area contributed by atoms with Gasteiger partial charge < -0.3 is 10.6 Å². The zero-order valence-electron chi connectivity index (χ0n) is 14.7. The predicted octanol–water partition coefficient (Wildman–Crippen LogP) is 2.04. The number of carbonyl (C=O) groups is 2. The molecule has 0 bridgehead atoms. The van der Waals surface area contributed by atoms with Crippen LogP contribution in [0.15, 0.2) is 48.5 Å². The van der Waals surface area contributed by atoms with E-state index in [9.17, 15) is 9.59 Å². The molecule has 0 fully saturated rings. The zero-order chi connectivity index (χ0) is 17.9. The average molecular weight is 349 g/mol. The maximum absolute atomic E-state index is 12.3. The minimum absolute atomic E-state index is 0.0237. The van der Waals surface area contributed by atoms with Crippen molar-refractivity contribution in [3.63, 3.8) is 0 Å². The van der Waals surface area contributed by atoms with Gasteiger partial charge in [0.05, 0.1) is 12.5 Å². The topological polar surface area (TPSA) is 61.4 Å². The normalized spacial score (nSPS) is 18.8. The molecule has 2 aliphatic rings. The number of nitrogens with zero attached hydrogens (tertiary/aromatic N) is 1. The van der Waals surface area contributed by atoms with Gasteiger partial charge in [0.1, 0.15) is 0 Å².